The molecule has 1 saturated heterocycles. The number of ether oxygens (including phenoxy) is 1. The van der Waals surface area contributed by atoms with Gasteiger partial charge in [-0.2, -0.15) is 0 Å². The van der Waals surface area contributed by atoms with E-state index in [-0.39, 0.29) is 0 Å². The SMILES string of the molecule is Nc1ccc2c(c1)CN(C1COC1)CC2. The number of hydrogen-bond acceptors (Lipinski definition) is 3. The maximum absolute atomic E-state index is 5.81. The molecule has 0 radical (unpaired) electrons. The number of nitrogen functional groups attached to an aromatic ring is 1. The molecule has 15 heavy (non-hydrogen) atoms. The maximum Gasteiger partial charge on any atom is 0.0645 e. The Morgan fingerprint density at radius 3 is 2.87 bits per heavy atom. The molecule has 0 amide bonds. The van der Waals surface area contributed by atoms with Crippen molar-refractivity contribution in [2.45, 2.75) is 19.0 Å². The van der Waals surface area contributed by atoms with Gasteiger partial charge in [0, 0.05) is 18.8 Å². The molecule has 0 atom stereocenters. The Labute approximate surface area is 89.8 Å². The minimum Gasteiger partial charge on any atom is -0.399 e. The average molecular weight is 204 g/mol. The van der Waals surface area contributed by atoms with Crippen LogP contribution in [0, 0.1) is 0 Å². The van der Waals surface area contributed by atoms with E-state index in [0.29, 0.717) is 6.04 Å². The number of nitrogens with zero attached hydrogens (tertiary/aromatic N) is 1. The number of anilines is 1. The van der Waals surface area contributed by atoms with Gasteiger partial charge in [-0.05, 0) is 29.7 Å². The minimum absolute atomic E-state index is 0.639. The predicted octanol–water partition coefficient (Wildman–Crippen LogP) is 1.03. The van der Waals surface area contributed by atoms with Crippen molar-refractivity contribution in [3.8, 4) is 0 Å². The van der Waals surface area contributed by atoms with Crippen molar-refractivity contribution < 1.29 is 4.74 Å². The Morgan fingerprint density at radius 1 is 1.27 bits per heavy atom. The van der Waals surface area contributed by atoms with Crippen molar-refractivity contribution in [2.24, 2.45) is 0 Å². The van der Waals surface area contributed by atoms with Gasteiger partial charge >= 0.3 is 0 Å². The fourth-order valence-corrected chi connectivity index (χ4v) is 2.34. The molecule has 1 fully saturated rings. The van der Waals surface area contributed by atoms with Crippen LogP contribution < -0.4 is 5.73 Å². The lowest BCUT2D eigenvalue weighted by Crippen LogP contribution is -2.50. The number of benzene rings is 1. The first kappa shape index (κ1) is 9.19. The van der Waals surface area contributed by atoms with Crippen molar-refractivity contribution in [1.82, 2.24) is 4.90 Å². The zero-order chi connectivity index (χ0) is 10.3. The lowest BCUT2D eigenvalue weighted by molar-refractivity contribution is -0.0694. The molecular weight excluding hydrogens is 188 g/mol. The van der Waals surface area contributed by atoms with E-state index in [9.17, 15) is 0 Å². The summed E-state index contributed by atoms with van der Waals surface area (Å²) in [5.41, 5.74) is 9.54. The number of nitrogens with two attached hydrogens (primary N) is 1. The van der Waals surface area contributed by atoms with Gasteiger partial charge in [0.15, 0.2) is 0 Å². The summed E-state index contributed by atoms with van der Waals surface area (Å²) in [4.78, 5) is 2.51. The highest BCUT2D eigenvalue weighted by atomic mass is 16.5. The van der Waals surface area contributed by atoms with E-state index in [4.69, 9.17) is 10.5 Å². The van der Waals surface area contributed by atoms with Crippen LogP contribution in [0.25, 0.3) is 0 Å². The number of hydrogen-bond donors (Lipinski definition) is 1. The summed E-state index contributed by atoms with van der Waals surface area (Å²) in [6.45, 7) is 3.99. The van der Waals surface area contributed by atoms with Gasteiger partial charge in [0.25, 0.3) is 0 Å². The third-order valence-electron chi connectivity index (χ3n) is 3.41. The fourth-order valence-electron chi connectivity index (χ4n) is 2.34. The topological polar surface area (TPSA) is 38.5 Å². The fraction of sp³-hybridized carbons (Fsp3) is 0.500. The highest BCUT2D eigenvalue weighted by Gasteiger charge is 2.28. The van der Waals surface area contributed by atoms with Gasteiger partial charge < -0.3 is 10.5 Å². The van der Waals surface area contributed by atoms with E-state index in [0.717, 1.165) is 38.4 Å². The standard InChI is InChI=1S/C12H16N2O/c13-11-2-1-9-3-4-14(6-10(9)5-11)12-7-15-8-12/h1-2,5,12H,3-4,6-8,13H2. The van der Waals surface area contributed by atoms with Crippen molar-refractivity contribution >= 4 is 5.69 Å². The second kappa shape index (κ2) is 3.51. The second-order valence-corrected chi connectivity index (χ2v) is 4.44. The molecule has 0 saturated carbocycles. The lowest BCUT2D eigenvalue weighted by Gasteiger charge is -2.40. The van der Waals surface area contributed by atoms with Crippen LogP contribution in [0.3, 0.4) is 0 Å². The molecule has 2 aliphatic heterocycles. The van der Waals surface area contributed by atoms with E-state index < -0.39 is 0 Å². The van der Waals surface area contributed by atoms with Gasteiger partial charge in [-0.15, -0.1) is 0 Å². The number of rotatable bonds is 1. The van der Waals surface area contributed by atoms with Crippen LogP contribution in [0.5, 0.6) is 0 Å². The quantitative estimate of drug-likeness (QED) is 0.694. The molecule has 2 heterocycles. The van der Waals surface area contributed by atoms with Gasteiger partial charge in [-0.25, -0.2) is 0 Å². The van der Waals surface area contributed by atoms with Crippen LogP contribution in [-0.2, 0) is 17.7 Å². The minimum atomic E-state index is 0.639. The van der Waals surface area contributed by atoms with Gasteiger partial charge in [0.2, 0.25) is 0 Å². The van der Waals surface area contributed by atoms with E-state index >= 15 is 0 Å². The van der Waals surface area contributed by atoms with Crippen LogP contribution in [0.15, 0.2) is 18.2 Å². The van der Waals surface area contributed by atoms with Crippen LogP contribution in [0.1, 0.15) is 11.1 Å². The zero-order valence-corrected chi connectivity index (χ0v) is 8.78. The molecule has 1 aromatic carbocycles. The van der Waals surface area contributed by atoms with E-state index in [1.54, 1.807) is 0 Å². The zero-order valence-electron chi connectivity index (χ0n) is 8.78. The number of fused-ring (bicyclic) bond motifs is 1. The summed E-state index contributed by atoms with van der Waals surface area (Å²) in [5.74, 6) is 0. The molecule has 0 aliphatic carbocycles. The Morgan fingerprint density at radius 2 is 2.13 bits per heavy atom. The normalized spacial score (nSPS) is 22.1. The van der Waals surface area contributed by atoms with Crippen molar-refractivity contribution in [1.29, 1.82) is 0 Å². The molecular formula is C12H16N2O. The molecule has 3 heteroatoms. The van der Waals surface area contributed by atoms with Gasteiger partial charge in [0.05, 0.1) is 19.3 Å². The Hall–Kier alpha value is -1.06. The van der Waals surface area contributed by atoms with Gasteiger partial charge in [-0.3, -0.25) is 4.90 Å². The summed E-state index contributed by atoms with van der Waals surface area (Å²) in [6.07, 6.45) is 1.14. The van der Waals surface area contributed by atoms with E-state index in [2.05, 4.69) is 17.0 Å². The van der Waals surface area contributed by atoms with Crippen LogP contribution in [-0.4, -0.2) is 30.7 Å². The third-order valence-corrected chi connectivity index (χ3v) is 3.41. The van der Waals surface area contributed by atoms with E-state index in [1.165, 1.54) is 11.1 Å². The Bertz CT molecular complexity index is 374. The summed E-state index contributed by atoms with van der Waals surface area (Å²) in [6, 6.07) is 6.92. The Kier molecular flexibility index (Phi) is 2.15. The average Bonchev–Trinajstić information content (AvgIpc) is 2.14. The third kappa shape index (κ3) is 1.62. The van der Waals surface area contributed by atoms with E-state index in [1.807, 2.05) is 6.07 Å². The van der Waals surface area contributed by atoms with Crippen LogP contribution in [0.2, 0.25) is 0 Å². The maximum atomic E-state index is 5.81. The second-order valence-electron chi connectivity index (χ2n) is 4.44. The van der Waals surface area contributed by atoms with Crippen LogP contribution in [0.4, 0.5) is 5.69 Å². The largest absolute Gasteiger partial charge is 0.399 e. The molecule has 80 valence electrons. The first-order valence-electron chi connectivity index (χ1n) is 5.52. The highest BCUT2D eigenvalue weighted by Crippen LogP contribution is 2.24. The molecule has 2 N–H and O–H groups in total. The summed E-state index contributed by atoms with van der Waals surface area (Å²) < 4.78 is 5.23. The molecule has 3 nitrogen and oxygen atoms in total. The van der Waals surface area contributed by atoms with Crippen molar-refractivity contribution in [3.63, 3.8) is 0 Å². The van der Waals surface area contributed by atoms with Crippen LogP contribution >= 0.6 is 0 Å². The Balaban J connectivity index is 1.81. The molecule has 3 rings (SSSR count). The molecule has 0 aromatic heterocycles. The first-order chi connectivity index (χ1) is 7.33. The highest BCUT2D eigenvalue weighted by molar-refractivity contribution is 5.45. The monoisotopic (exact) mass is 204 g/mol. The molecule has 0 bridgehead atoms. The van der Waals surface area contributed by atoms with Crippen molar-refractivity contribution in [2.75, 3.05) is 25.5 Å². The molecule has 0 unspecified atom stereocenters. The summed E-state index contributed by atoms with van der Waals surface area (Å²) in [5, 5.41) is 0. The summed E-state index contributed by atoms with van der Waals surface area (Å²) >= 11 is 0. The molecule has 0 spiro atoms. The van der Waals surface area contributed by atoms with Crippen molar-refractivity contribution in [3.05, 3.63) is 29.3 Å². The molecule has 1 aromatic rings. The smallest absolute Gasteiger partial charge is 0.0645 e. The summed E-state index contributed by atoms with van der Waals surface area (Å²) in [7, 11) is 0. The van der Waals surface area contributed by atoms with Gasteiger partial charge in [0.1, 0.15) is 0 Å². The molecule has 2 aliphatic rings. The first-order valence-corrected chi connectivity index (χ1v) is 5.52. The van der Waals surface area contributed by atoms with Gasteiger partial charge in [-0.1, -0.05) is 6.07 Å². The lowest BCUT2D eigenvalue weighted by atomic mass is 9.97. The predicted molar refractivity (Wildman–Crippen MR) is 59.6 cm³/mol.